The second kappa shape index (κ2) is 5.87. The van der Waals surface area contributed by atoms with E-state index in [1.54, 1.807) is 0 Å². The summed E-state index contributed by atoms with van der Waals surface area (Å²) in [6.07, 6.45) is 0.508. The van der Waals surface area contributed by atoms with Gasteiger partial charge in [-0.05, 0) is 5.56 Å². The van der Waals surface area contributed by atoms with Gasteiger partial charge in [-0.3, -0.25) is 4.79 Å². The first-order chi connectivity index (χ1) is 7.27. The summed E-state index contributed by atoms with van der Waals surface area (Å²) in [5.41, 5.74) is 1.08. The van der Waals surface area contributed by atoms with Gasteiger partial charge in [-0.2, -0.15) is 0 Å². The van der Waals surface area contributed by atoms with Crippen LogP contribution in [0.1, 0.15) is 5.56 Å². The maximum atomic E-state index is 11.8. The third kappa shape index (κ3) is 2.97. The van der Waals surface area contributed by atoms with Gasteiger partial charge in [0.15, 0.2) is 0 Å². The summed E-state index contributed by atoms with van der Waals surface area (Å²) in [6.45, 7) is 1.86. The summed E-state index contributed by atoms with van der Waals surface area (Å²) in [6, 6.07) is 10.3. The molecule has 0 atom stereocenters. The van der Waals surface area contributed by atoms with Crippen LogP contribution in [-0.4, -0.2) is 37.0 Å². The Morgan fingerprint density at radius 2 is 2.00 bits per heavy atom. The van der Waals surface area contributed by atoms with Gasteiger partial charge in [0.05, 0.1) is 12.5 Å². The Balaban J connectivity index is 0.00000128. The lowest BCUT2D eigenvalue weighted by Gasteiger charge is -2.35. The summed E-state index contributed by atoms with van der Waals surface area (Å²) in [5.74, 6) is 0.202. The average Bonchev–Trinajstić information content (AvgIpc) is 2.16. The van der Waals surface area contributed by atoms with Crippen LogP contribution in [0.15, 0.2) is 30.3 Å². The zero-order valence-electron chi connectivity index (χ0n) is 9.35. The number of nitrogens with one attached hydrogen (secondary N) is 1. The van der Waals surface area contributed by atoms with Gasteiger partial charge >= 0.3 is 0 Å². The lowest BCUT2D eigenvalue weighted by molar-refractivity contribution is -0.132. The highest BCUT2D eigenvalue weighted by Crippen LogP contribution is 2.06. The maximum Gasteiger partial charge on any atom is 0.227 e. The quantitative estimate of drug-likeness (QED) is 0.858. The Morgan fingerprint density at radius 1 is 1.38 bits per heavy atom. The van der Waals surface area contributed by atoms with Crippen LogP contribution in [0.4, 0.5) is 0 Å². The van der Waals surface area contributed by atoms with E-state index in [-0.39, 0.29) is 18.3 Å². The van der Waals surface area contributed by atoms with Gasteiger partial charge in [-0.15, -0.1) is 12.4 Å². The molecule has 1 N–H and O–H groups in total. The van der Waals surface area contributed by atoms with Crippen LogP contribution >= 0.6 is 12.4 Å². The number of likely N-dealkylation sites (N-methyl/N-ethyl adjacent to an activating group) is 1. The fraction of sp³-hybridized carbons (Fsp3) is 0.417. The van der Waals surface area contributed by atoms with E-state index in [1.807, 2.05) is 42.3 Å². The molecule has 1 saturated heterocycles. The number of carbonyl (C=O) groups is 1. The van der Waals surface area contributed by atoms with Gasteiger partial charge in [0.25, 0.3) is 0 Å². The van der Waals surface area contributed by atoms with Gasteiger partial charge in [-0.25, -0.2) is 0 Å². The van der Waals surface area contributed by atoms with Crippen LogP contribution in [-0.2, 0) is 11.2 Å². The van der Waals surface area contributed by atoms with Crippen LogP contribution in [0.5, 0.6) is 0 Å². The monoisotopic (exact) mass is 240 g/mol. The highest BCUT2D eigenvalue weighted by atomic mass is 35.5. The second-order valence-corrected chi connectivity index (χ2v) is 3.98. The Morgan fingerprint density at radius 3 is 2.50 bits per heavy atom. The molecule has 1 aliphatic heterocycles. The fourth-order valence-electron chi connectivity index (χ4n) is 1.65. The molecule has 0 radical (unpaired) electrons. The van der Waals surface area contributed by atoms with Gasteiger partial charge < -0.3 is 10.2 Å². The highest BCUT2D eigenvalue weighted by molar-refractivity contribution is 5.85. The van der Waals surface area contributed by atoms with E-state index in [0.29, 0.717) is 12.5 Å². The molecule has 1 amide bonds. The van der Waals surface area contributed by atoms with Crippen molar-refractivity contribution in [2.45, 2.75) is 12.5 Å². The van der Waals surface area contributed by atoms with E-state index >= 15 is 0 Å². The number of hydrogen-bond acceptors (Lipinski definition) is 2. The third-order valence-corrected chi connectivity index (χ3v) is 2.90. The molecule has 0 aliphatic carbocycles. The number of carbonyl (C=O) groups excluding carboxylic acids is 1. The molecule has 0 aromatic heterocycles. The van der Waals surface area contributed by atoms with Crippen molar-refractivity contribution in [3.63, 3.8) is 0 Å². The zero-order valence-corrected chi connectivity index (χ0v) is 10.2. The van der Waals surface area contributed by atoms with Crippen LogP contribution < -0.4 is 5.32 Å². The lowest BCUT2D eigenvalue weighted by Crippen LogP contribution is -2.57. The van der Waals surface area contributed by atoms with Crippen molar-refractivity contribution in [1.29, 1.82) is 0 Å². The molecule has 1 heterocycles. The molecule has 0 unspecified atom stereocenters. The van der Waals surface area contributed by atoms with Crippen molar-refractivity contribution in [2.75, 3.05) is 20.1 Å². The summed E-state index contributed by atoms with van der Waals surface area (Å²) >= 11 is 0. The third-order valence-electron chi connectivity index (χ3n) is 2.90. The molecule has 1 aromatic rings. The number of amides is 1. The first-order valence-corrected chi connectivity index (χ1v) is 5.27. The number of benzene rings is 1. The molecule has 1 fully saturated rings. The summed E-state index contributed by atoms with van der Waals surface area (Å²) in [7, 11) is 1.89. The van der Waals surface area contributed by atoms with Crippen LogP contribution in [0.3, 0.4) is 0 Å². The Kier molecular flexibility index (Phi) is 4.77. The van der Waals surface area contributed by atoms with Crippen molar-refractivity contribution in [1.82, 2.24) is 10.2 Å². The van der Waals surface area contributed by atoms with E-state index in [2.05, 4.69) is 5.32 Å². The van der Waals surface area contributed by atoms with E-state index in [1.165, 1.54) is 0 Å². The van der Waals surface area contributed by atoms with Crippen LogP contribution in [0, 0.1) is 0 Å². The molecule has 2 rings (SSSR count). The molecular formula is C12H17ClN2O. The van der Waals surface area contributed by atoms with E-state index in [4.69, 9.17) is 0 Å². The first kappa shape index (κ1) is 13.0. The molecule has 1 aliphatic rings. The number of halogens is 1. The molecule has 3 nitrogen and oxygen atoms in total. The smallest absolute Gasteiger partial charge is 0.227 e. The van der Waals surface area contributed by atoms with Crippen molar-refractivity contribution >= 4 is 18.3 Å². The number of hydrogen-bond donors (Lipinski definition) is 1. The molecule has 0 spiro atoms. The van der Waals surface area contributed by atoms with Crippen molar-refractivity contribution in [3.8, 4) is 0 Å². The van der Waals surface area contributed by atoms with Gasteiger partial charge in [0, 0.05) is 20.1 Å². The molecule has 4 heteroatoms. The van der Waals surface area contributed by atoms with Crippen molar-refractivity contribution in [2.24, 2.45) is 0 Å². The number of rotatable bonds is 3. The number of nitrogens with zero attached hydrogens (tertiary/aromatic N) is 1. The van der Waals surface area contributed by atoms with Crippen LogP contribution in [0.25, 0.3) is 0 Å². The van der Waals surface area contributed by atoms with Crippen molar-refractivity contribution in [3.05, 3.63) is 35.9 Å². The normalized spacial score (nSPS) is 14.8. The summed E-state index contributed by atoms with van der Waals surface area (Å²) < 4.78 is 0. The summed E-state index contributed by atoms with van der Waals surface area (Å²) in [5, 5.41) is 3.17. The van der Waals surface area contributed by atoms with E-state index in [9.17, 15) is 4.79 Å². The molecule has 0 saturated carbocycles. The fourth-order valence-corrected chi connectivity index (χ4v) is 1.65. The standard InChI is InChI=1S/C12H16N2O.ClH/c1-14(11-8-13-9-11)12(15)7-10-5-3-2-4-6-10;/h2-6,11,13H,7-9H2,1H3;1H. The van der Waals surface area contributed by atoms with Gasteiger partial charge in [-0.1, -0.05) is 30.3 Å². The minimum absolute atomic E-state index is 0. The molecule has 88 valence electrons. The minimum Gasteiger partial charge on any atom is -0.340 e. The van der Waals surface area contributed by atoms with Gasteiger partial charge in [0.1, 0.15) is 0 Å². The van der Waals surface area contributed by atoms with Crippen LogP contribution in [0.2, 0.25) is 0 Å². The van der Waals surface area contributed by atoms with E-state index < -0.39 is 0 Å². The summed E-state index contributed by atoms with van der Waals surface area (Å²) in [4.78, 5) is 13.7. The first-order valence-electron chi connectivity index (χ1n) is 5.27. The maximum absolute atomic E-state index is 11.8. The molecular weight excluding hydrogens is 224 g/mol. The Hall–Kier alpha value is -1.06. The highest BCUT2D eigenvalue weighted by Gasteiger charge is 2.24. The molecule has 0 bridgehead atoms. The van der Waals surface area contributed by atoms with Gasteiger partial charge in [0.2, 0.25) is 5.91 Å². The predicted octanol–water partition coefficient (Wildman–Crippen LogP) is 1.08. The van der Waals surface area contributed by atoms with E-state index in [0.717, 1.165) is 18.7 Å². The molecule has 1 aromatic carbocycles. The van der Waals surface area contributed by atoms with Crippen molar-refractivity contribution < 1.29 is 4.79 Å². The predicted molar refractivity (Wildman–Crippen MR) is 66.8 cm³/mol. The molecule has 16 heavy (non-hydrogen) atoms. The second-order valence-electron chi connectivity index (χ2n) is 3.98. The topological polar surface area (TPSA) is 32.3 Å². The largest absolute Gasteiger partial charge is 0.340 e. The Labute approximate surface area is 102 Å². The average molecular weight is 241 g/mol. The zero-order chi connectivity index (χ0) is 10.7. The lowest BCUT2D eigenvalue weighted by atomic mass is 10.1. The Bertz CT molecular complexity index is 338. The minimum atomic E-state index is 0. The SMILES string of the molecule is CN(C(=O)Cc1ccccc1)C1CNC1.Cl.